The summed E-state index contributed by atoms with van der Waals surface area (Å²) in [5, 5.41) is 3.60. The van der Waals surface area contributed by atoms with Crippen molar-refractivity contribution < 1.29 is 14.3 Å². The number of rotatable bonds is 2. The Labute approximate surface area is 128 Å². The lowest BCUT2D eigenvalue weighted by molar-refractivity contribution is -0.128. The molecule has 0 radical (unpaired) electrons. The van der Waals surface area contributed by atoms with E-state index in [9.17, 15) is 4.79 Å². The van der Waals surface area contributed by atoms with E-state index in [1.807, 2.05) is 25.7 Å². The molecule has 2 aliphatic heterocycles. The van der Waals surface area contributed by atoms with Gasteiger partial charge in [0.25, 0.3) is 0 Å². The fourth-order valence-electron chi connectivity index (χ4n) is 3.31. The van der Waals surface area contributed by atoms with Gasteiger partial charge in [0.1, 0.15) is 5.60 Å². The molecular formula is C16H30N2O3. The zero-order chi connectivity index (χ0) is 15.5. The lowest BCUT2D eigenvalue weighted by Gasteiger charge is -2.49. The number of carbonyl (C=O) groups is 1. The van der Waals surface area contributed by atoms with Gasteiger partial charge in [-0.05, 0) is 40.0 Å². The molecule has 0 bridgehead atoms. The summed E-state index contributed by atoms with van der Waals surface area (Å²) in [5.41, 5.74) is -0.521. The second-order valence-electron chi connectivity index (χ2n) is 7.18. The van der Waals surface area contributed by atoms with Gasteiger partial charge in [-0.1, -0.05) is 13.3 Å². The standard InChI is InChI=1S/C16H30N2O3/c1-5-6-13-16(20-12-9-17-13)7-10-18(11-8-16)14(19)21-15(2,3)4/h13,17H,5-12H2,1-4H3. The number of ether oxygens (including phenoxy) is 2. The zero-order valence-electron chi connectivity index (χ0n) is 13.9. The third-order valence-electron chi connectivity index (χ3n) is 4.36. The molecule has 0 aromatic heterocycles. The van der Waals surface area contributed by atoms with Crippen molar-refractivity contribution in [1.82, 2.24) is 10.2 Å². The Hall–Kier alpha value is -0.810. The molecule has 2 heterocycles. The van der Waals surface area contributed by atoms with Crippen LogP contribution in [-0.2, 0) is 9.47 Å². The molecule has 2 rings (SSSR count). The number of likely N-dealkylation sites (tertiary alicyclic amines) is 1. The van der Waals surface area contributed by atoms with E-state index < -0.39 is 5.60 Å². The van der Waals surface area contributed by atoms with Gasteiger partial charge in [0.05, 0.1) is 12.2 Å². The molecule has 0 saturated carbocycles. The quantitative estimate of drug-likeness (QED) is 0.851. The van der Waals surface area contributed by atoms with Gasteiger partial charge in [-0.15, -0.1) is 0 Å². The smallest absolute Gasteiger partial charge is 0.410 e. The van der Waals surface area contributed by atoms with Gasteiger partial charge in [-0.3, -0.25) is 0 Å². The van der Waals surface area contributed by atoms with Gasteiger partial charge in [-0.25, -0.2) is 4.79 Å². The highest BCUT2D eigenvalue weighted by molar-refractivity contribution is 5.68. The monoisotopic (exact) mass is 298 g/mol. The predicted octanol–water partition coefficient (Wildman–Crippen LogP) is 2.54. The van der Waals surface area contributed by atoms with Crippen LogP contribution >= 0.6 is 0 Å². The summed E-state index contributed by atoms with van der Waals surface area (Å²) in [6.45, 7) is 11.1. The van der Waals surface area contributed by atoms with Crippen LogP contribution in [0.4, 0.5) is 4.79 Å². The fraction of sp³-hybridized carbons (Fsp3) is 0.938. The summed E-state index contributed by atoms with van der Waals surface area (Å²) in [6.07, 6.45) is 3.87. The van der Waals surface area contributed by atoms with Crippen molar-refractivity contribution in [2.45, 2.75) is 70.6 Å². The van der Waals surface area contributed by atoms with Crippen LogP contribution in [0.25, 0.3) is 0 Å². The fourth-order valence-corrected chi connectivity index (χ4v) is 3.31. The number of hydrogen-bond donors (Lipinski definition) is 1. The van der Waals surface area contributed by atoms with E-state index in [0.29, 0.717) is 6.04 Å². The number of amides is 1. The lowest BCUT2D eigenvalue weighted by Crippen LogP contribution is -2.62. The van der Waals surface area contributed by atoms with E-state index in [4.69, 9.17) is 9.47 Å². The van der Waals surface area contributed by atoms with E-state index in [1.165, 1.54) is 0 Å². The highest BCUT2D eigenvalue weighted by Crippen LogP contribution is 2.34. The van der Waals surface area contributed by atoms with E-state index in [-0.39, 0.29) is 11.7 Å². The third-order valence-corrected chi connectivity index (χ3v) is 4.36. The van der Waals surface area contributed by atoms with Crippen molar-refractivity contribution in [3.63, 3.8) is 0 Å². The zero-order valence-corrected chi connectivity index (χ0v) is 13.9. The maximum absolute atomic E-state index is 12.1. The Bertz CT molecular complexity index is 355. The average Bonchev–Trinajstić information content (AvgIpc) is 2.41. The summed E-state index contributed by atoms with van der Waals surface area (Å²) in [6, 6.07) is 0.414. The van der Waals surface area contributed by atoms with E-state index in [1.54, 1.807) is 0 Å². The first kappa shape index (κ1) is 16.6. The second-order valence-corrected chi connectivity index (χ2v) is 7.18. The molecule has 5 nitrogen and oxygen atoms in total. The number of hydrogen-bond acceptors (Lipinski definition) is 4. The molecule has 21 heavy (non-hydrogen) atoms. The summed E-state index contributed by atoms with van der Waals surface area (Å²) in [5.74, 6) is 0. The first-order valence-corrected chi connectivity index (χ1v) is 8.21. The largest absolute Gasteiger partial charge is 0.444 e. The molecule has 5 heteroatoms. The SMILES string of the molecule is CCCC1NCCOC12CCN(C(=O)OC(C)(C)C)CC2. The Kier molecular flexibility index (Phi) is 5.15. The highest BCUT2D eigenvalue weighted by Gasteiger charge is 2.45. The van der Waals surface area contributed by atoms with Gasteiger partial charge in [-0.2, -0.15) is 0 Å². The Morgan fingerprint density at radius 1 is 1.38 bits per heavy atom. The highest BCUT2D eigenvalue weighted by atomic mass is 16.6. The molecule has 2 aliphatic rings. The van der Waals surface area contributed by atoms with Crippen molar-refractivity contribution in [3.05, 3.63) is 0 Å². The van der Waals surface area contributed by atoms with Crippen LogP contribution in [0.5, 0.6) is 0 Å². The summed E-state index contributed by atoms with van der Waals surface area (Å²) in [7, 11) is 0. The van der Waals surface area contributed by atoms with Gasteiger partial charge in [0.15, 0.2) is 0 Å². The van der Waals surface area contributed by atoms with Crippen molar-refractivity contribution in [2.24, 2.45) is 0 Å². The van der Waals surface area contributed by atoms with Crippen LogP contribution in [0.2, 0.25) is 0 Å². The molecule has 1 spiro atoms. The van der Waals surface area contributed by atoms with Crippen LogP contribution in [-0.4, -0.2) is 54.5 Å². The molecular weight excluding hydrogens is 268 g/mol. The minimum Gasteiger partial charge on any atom is -0.444 e. The summed E-state index contributed by atoms with van der Waals surface area (Å²) >= 11 is 0. The number of piperidine rings is 1. The maximum atomic E-state index is 12.1. The lowest BCUT2D eigenvalue weighted by atomic mass is 9.81. The first-order valence-electron chi connectivity index (χ1n) is 8.21. The van der Waals surface area contributed by atoms with E-state index >= 15 is 0 Å². The van der Waals surface area contributed by atoms with Crippen molar-refractivity contribution in [3.8, 4) is 0 Å². The summed E-state index contributed by atoms with van der Waals surface area (Å²) in [4.78, 5) is 14.0. The molecule has 0 aliphatic carbocycles. The first-order chi connectivity index (χ1) is 9.86. The molecule has 1 amide bonds. The van der Waals surface area contributed by atoms with Crippen LogP contribution in [0.15, 0.2) is 0 Å². The van der Waals surface area contributed by atoms with Crippen molar-refractivity contribution in [2.75, 3.05) is 26.2 Å². The molecule has 1 unspecified atom stereocenters. The predicted molar refractivity (Wildman–Crippen MR) is 82.4 cm³/mol. The second kappa shape index (κ2) is 6.53. The van der Waals surface area contributed by atoms with Gasteiger partial charge >= 0.3 is 6.09 Å². The molecule has 0 aromatic rings. The van der Waals surface area contributed by atoms with Gasteiger partial charge in [0.2, 0.25) is 0 Å². The molecule has 1 atom stereocenters. The number of nitrogens with zero attached hydrogens (tertiary/aromatic N) is 1. The molecule has 0 aromatic carbocycles. The average molecular weight is 298 g/mol. The molecule has 122 valence electrons. The van der Waals surface area contributed by atoms with Crippen LogP contribution in [0.1, 0.15) is 53.4 Å². The van der Waals surface area contributed by atoms with Crippen LogP contribution in [0.3, 0.4) is 0 Å². The van der Waals surface area contributed by atoms with E-state index in [0.717, 1.165) is 51.9 Å². The third kappa shape index (κ3) is 4.10. The number of carbonyl (C=O) groups excluding carboxylic acids is 1. The van der Waals surface area contributed by atoms with Crippen LogP contribution in [0, 0.1) is 0 Å². The Morgan fingerprint density at radius 2 is 2.05 bits per heavy atom. The molecule has 2 saturated heterocycles. The van der Waals surface area contributed by atoms with Crippen LogP contribution < -0.4 is 5.32 Å². The van der Waals surface area contributed by atoms with Crippen molar-refractivity contribution in [1.29, 1.82) is 0 Å². The minimum atomic E-state index is -0.431. The molecule has 1 N–H and O–H groups in total. The Morgan fingerprint density at radius 3 is 2.62 bits per heavy atom. The van der Waals surface area contributed by atoms with Gasteiger partial charge < -0.3 is 19.7 Å². The Balaban J connectivity index is 1.93. The number of morpholine rings is 1. The maximum Gasteiger partial charge on any atom is 0.410 e. The van der Waals surface area contributed by atoms with E-state index in [2.05, 4.69) is 12.2 Å². The van der Waals surface area contributed by atoms with Crippen molar-refractivity contribution >= 4 is 6.09 Å². The molecule has 2 fully saturated rings. The normalized spacial score (nSPS) is 25.9. The topological polar surface area (TPSA) is 50.8 Å². The van der Waals surface area contributed by atoms with Gasteiger partial charge in [0, 0.05) is 25.7 Å². The number of nitrogens with one attached hydrogen (secondary N) is 1. The minimum absolute atomic E-state index is 0.0905. The summed E-state index contributed by atoms with van der Waals surface area (Å²) < 4.78 is 11.6.